The highest BCUT2D eigenvalue weighted by Gasteiger charge is 2.57. The quantitative estimate of drug-likeness (QED) is 0.0792. The second-order valence-electron chi connectivity index (χ2n) is 9.16. The number of thiol groups is 1. The lowest BCUT2D eigenvalue weighted by atomic mass is 9.57. The predicted octanol–water partition coefficient (Wildman–Crippen LogP) is 6.00. The Morgan fingerprint density at radius 2 is 1.21 bits per heavy atom. The highest BCUT2D eigenvalue weighted by Crippen LogP contribution is 2.59. The van der Waals surface area contributed by atoms with Gasteiger partial charge in [0.1, 0.15) is 0 Å². The molecule has 0 radical (unpaired) electrons. The summed E-state index contributed by atoms with van der Waals surface area (Å²) in [6.45, 7) is 1.59. The molecule has 0 fully saturated rings. The van der Waals surface area contributed by atoms with Crippen molar-refractivity contribution in [2.24, 2.45) is 0 Å². The molecule has 6 nitrogen and oxygen atoms in total. The fraction of sp³-hybridized carbons (Fsp3) is 0.156. The number of esters is 2. The van der Waals surface area contributed by atoms with Gasteiger partial charge in [-0.15, -0.1) is 0 Å². The number of carbonyl (C=O) groups excluding carboxylic acids is 2. The van der Waals surface area contributed by atoms with E-state index in [1.165, 1.54) is 6.07 Å². The Morgan fingerprint density at radius 1 is 0.744 bits per heavy atom. The van der Waals surface area contributed by atoms with Crippen LogP contribution in [-0.2, 0) is 24.5 Å². The van der Waals surface area contributed by atoms with Crippen molar-refractivity contribution in [1.82, 2.24) is 0 Å². The molecule has 0 aromatic heterocycles. The van der Waals surface area contributed by atoms with Gasteiger partial charge in [0.25, 0.3) is 0 Å². The number of hydrogen-bond acceptors (Lipinski definition) is 6. The summed E-state index contributed by atoms with van der Waals surface area (Å²) in [5.41, 5.74) is 7.70. The van der Waals surface area contributed by atoms with Gasteiger partial charge in [0.05, 0.1) is 22.1 Å². The van der Waals surface area contributed by atoms with E-state index in [4.69, 9.17) is 23.1 Å². The topological polar surface area (TPSA) is 107 Å². The van der Waals surface area contributed by atoms with Crippen molar-refractivity contribution >= 4 is 36.2 Å². The zero-order chi connectivity index (χ0) is 28.0. The van der Waals surface area contributed by atoms with Crippen LogP contribution in [0, 0.1) is 0 Å². The van der Waals surface area contributed by atoms with Crippen LogP contribution in [0.3, 0.4) is 0 Å². The average Bonchev–Trinajstić information content (AvgIpc) is 2.94. The number of aromatic carboxylic acids is 1. The van der Waals surface area contributed by atoms with Crippen molar-refractivity contribution in [3.05, 3.63) is 137 Å². The van der Waals surface area contributed by atoms with Crippen LogP contribution in [0.25, 0.3) is 0 Å². The van der Waals surface area contributed by atoms with E-state index in [9.17, 15) is 19.5 Å². The lowest BCUT2D eigenvalue weighted by Crippen LogP contribution is -2.50. The second kappa shape index (κ2) is 11.6. The normalized spacial score (nSPS) is 12.8. The number of nitrogen functional groups attached to an aromatic ring is 1. The fourth-order valence-corrected chi connectivity index (χ4v) is 6.11. The molecule has 4 aromatic carbocycles. The van der Waals surface area contributed by atoms with Crippen molar-refractivity contribution in [2.45, 2.75) is 29.9 Å². The Labute approximate surface area is 232 Å². The standard InChI is InChI=1S/C32H29NO5S/c1-2-27(34)38-28(35)21-31(39,29-25(30(36)37)19-12-20-26(29)33)32(22-13-6-3-7-14-22,23-15-8-4-9-16-23)24-17-10-5-11-18-24/h3-20,39H,2,21,33H2,1H3,(H,36,37). The molecule has 1 unspecified atom stereocenters. The molecule has 4 rings (SSSR count). The van der Waals surface area contributed by atoms with Gasteiger partial charge in [0.15, 0.2) is 0 Å². The van der Waals surface area contributed by atoms with Crippen molar-refractivity contribution < 1.29 is 24.2 Å². The Kier molecular flexibility index (Phi) is 8.21. The van der Waals surface area contributed by atoms with Crippen molar-refractivity contribution in [1.29, 1.82) is 0 Å². The molecule has 0 saturated heterocycles. The Bertz CT molecular complexity index is 1380. The molecule has 198 valence electrons. The van der Waals surface area contributed by atoms with E-state index in [1.54, 1.807) is 19.1 Å². The third kappa shape index (κ3) is 5.05. The smallest absolute Gasteiger partial charge is 0.336 e. The van der Waals surface area contributed by atoms with Crippen LogP contribution in [0.5, 0.6) is 0 Å². The minimum Gasteiger partial charge on any atom is -0.478 e. The molecule has 0 saturated carbocycles. The third-order valence-corrected chi connectivity index (χ3v) is 7.62. The summed E-state index contributed by atoms with van der Waals surface area (Å²) in [6.07, 6.45) is -0.463. The number of nitrogens with two attached hydrogens (primary N) is 1. The number of carboxylic acid groups (broad SMARTS) is 1. The summed E-state index contributed by atoms with van der Waals surface area (Å²) >= 11 is 5.29. The molecule has 1 atom stereocenters. The first-order valence-corrected chi connectivity index (χ1v) is 12.9. The maximum Gasteiger partial charge on any atom is 0.336 e. The summed E-state index contributed by atoms with van der Waals surface area (Å²) in [5, 5.41) is 10.3. The zero-order valence-electron chi connectivity index (χ0n) is 21.4. The molecular formula is C32H29NO5S. The molecular weight excluding hydrogens is 510 g/mol. The van der Waals surface area contributed by atoms with Crippen LogP contribution in [0.1, 0.15) is 52.4 Å². The summed E-state index contributed by atoms with van der Waals surface area (Å²) in [6, 6.07) is 32.9. The number of benzene rings is 4. The van der Waals surface area contributed by atoms with Crippen LogP contribution in [0.15, 0.2) is 109 Å². The van der Waals surface area contributed by atoms with Gasteiger partial charge in [-0.05, 0) is 28.8 Å². The second-order valence-corrected chi connectivity index (χ2v) is 9.92. The predicted molar refractivity (Wildman–Crippen MR) is 154 cm³/mol. The van der Waals surface area contributed by atoms with Gasteiger partial charge in [-0.3, -0.25) is 9.59 Å². The molecule has 0 bridgehead atoms. The lowest BCUT2D eigenvalue weighted by Gasteiger charge is -2.50. The van der Waals surface area contributed by atoms with Crippen molar-refractivity contribution in [3.63, 3.8) is 0 Å². The SMILES string of the molecule is CCC(=O)OC(=O)CC(S)(c1c(N)cccc1C(=O)O)C(c1ccccc1)(c1ccccc1)c1ccccc1. The average molecular weight is 540 g/mol. The van der Waals surface area contributed by atoms with Gasteiger partial charge in [-0.25, -0.2) is 4.79 Å². The molecule has 39 heavy (non-hydrogen) atoms. The van der Waals surface area contributed by atoms with Gasteiger partial charge >= 0.3 is 17.9 Å². The molecule has 0 aliphatic carbocycles. The Balaban J connectivity index is 2.22. The van der Waals surface area contributed by atoms with E-state index in [-0.39, 0.29) is 23.2 Å². The number of hydrogen-bond donors (Lipinski definition) is 3. The monoisotopic (exact) mass is 539 g/mol. The number of carboxylic acids is 1. The molecule has 0 amide bonds. The summed E-state index contributed by atoms with van der Waals surface area (Å²) in [4.78, 5) is 38.2. The third-order valence-electron chi connectivity index (χ3n) is 6.90. The lowest BCUT2D eigenvalue weighted by molar-refractivity contribution is -0.160. The summed E-state index contributed by atoms with van der Waals surface area (Å²) in [7, 11) is 0. The van der Waals surface area contributed by atoms with Crippen LogP contribution in [0.4, 0.5) is 5.69 Å². The molecule has 3 N–H and O–H groups in total. The van der Waals surface area contributed by atoms with Crippen LogP contribution >= 0.6 is 12.6 Å². The van der Waals surface area contributed by atoms with Gasteiger partial charge in [0, 0.05) is 17.7 Å². The summed E-state index contributed by atoms with van der Waals surface area (Å²) < 4.78 is 3.49. The molecule has 0 spiro atoms. The number of anilines is 1. The molecule has 0 aliphatic rings. The highest BCUT2D eigenvalue weighted by molar-refractivity contribution is 7.81. The van der Waals surface area contributed by atoms with E-state index >= 15 is 0 Å². The Hall–Kier alpha value is -4.36. The maximum absolute atomic E-state index is 13.5. The first kappa shape index (κ1) is 27.7. The minimum atomic E-state index is -1.65. The van der Waals surface area contributed by atoms with Gasteiger partial charge in [0.2, 0.25) is 0 Å². The van der Waals surface area contributed by atoms with E-state index < -0.39 is 34.5 Å². The van der Waals surface area contributed by atoms with Crippen molar-refractivity contribution in [3.8, 4) is 0 Å². The van der Waals surface area contributed by atoms with Crippen LogP contribution in [-0.4, -0.2) is 23.0 Å². The fourth-order valence-electron chi connectivity index (χ4n) is 5.34. The van der Waals surface area contributed by atoms with E-state index in [0.717, 1.165) is 16.7 Å². The molecule has 4 aromatic rings. The first-order chi connectivity index (χ1) is 18.8. The van der Waals surface area contributed by atoms with E-state index in [1.807, 2.05) is 91.0 Å². The first-order valence-electron chi connectivity index (χ1n) is 12.5. The number of carbonyl (C=O) groups is 3. The van der Waals surface area contributed by atoms with Gasteiger partial charge in [-0.1, -0.05) is 104 Å². The van der Waals surface area contributed by atoms with E-state index in [0.29, 0.717) is 0 Å². The molecule has 7 heteroatoms. The molecule has 0 heterocycles. The highest BCUT2D eigenvalue weighted by atomic mass is 32.1. The largest absolute Gasteiger partial charge is 0.478 e. The van der Waals surface area contributed by atoms with Gasteiger partial charge in [-0.2, -0.15) is 12.6 Å². The van der Waals surface area contributed by atoms with Crippen LogP contribution < -0.4 is 5.73 Å². The number of ether oxygens (including phenoxy) is 1. The van der Waals surface area contributed by atoms with E-state index in [2.05, 4.69) is 0 Å². The number of rotatable bonds is 9. The van der Waals surface area contributed by atoms with Gasteiger partial charge < -0.3 is 15.6 Å². The Morgan fingerprint density at radius 3 is 1.62 bits per heavy atom. The zero-order valence-corrected chi connectivity index (χ0v) is 22.3. The minimum absolute atomic E-state index is 0.000359. The summed E-state index contributed by atoms with van der Waals surface area (Å²) in [5.74, 6) is -2.76. The molecule has 0 aliphatic heterocycles. The van der Waals surface area contributed by atoms with Crippen molar-refractivity contribution in [2.75, 3.05) is 5.73 Å². The maximum atomic E-state index is 13.5. The van der Waals surface area contributed by atoms with Crippen LogP contribution in [0.2, 0.25) is 0 Å².